The molecule has 1 aromatic carbocycles. The summed E-state index contributed by atoms with van der Waals surface area (Å²) in [5.41, 5.74) is 2.34. The molecule has 0 spiro atoms. The van der Waals surface area contributed by atoms with Crippen LogP contribution in [0.2, 0.25) is 0 Å². The zero-order valence-electron chi connectivity index (χ0n) is 12.1. The van der Waals surface area contributed by atoms with Gasteiger partial charge in [-0.1, -0.05) is 24.3 Å². The van der Waals surface area contributed by atoms with Crippen molar-refractivity contribution in [3.8, 4) is 0 Å². The van der Waals surface area contributed by atoms with E-state index in [1.807, 2.05) is 36.1 Å². The summed E-state index contributed by atoms with van der Waals surface area (Å²) in [4.78, 5) is 27.1. The molecule has 20 heavy (non-hydrogen) atoms. The third kappa shape index (κ3) is 3.81. The summed E-state index contributed by atoms with van der Waals surface area (Å²) in [6, 6.07) is 8.05. The first kappa shape index (κ1) is 14.5. The lowest BCUT2D eigenvalue weighted by Gasteiger charge is -2.28. The third-order valence-electron chi connectivity index (χ3n) is 3.57. The fourth-order valence-electron chi connectivity index (χ4n) is 2.27. The van der Waals surface area contributed by atoms with Gasteiger partial charge < -0.3 is 10.2 Å². The van der Waals surface area contributed by atoms with Gasteiger partial charge >= 0.3 is 0 Å². The number of nitrogens with one attached hydrogen (secondary N) is 1. The molecule has 0 aromatic heterocycles. The number of likely N-dealkylation sites (N-methyl/N-ethyl adjacent to an activating group) is 1. The van der Waals surface area contributed by atoms with Crippen molar-refractivity contribution in [3.63, 3.8) is 0 Å². The van der Waals surface area contributed by atoms with Crippen LogP contribution in [0.5, 0.6) is 0 Å². The predicted molar refractivity (Wildman–Crippen MR) is 77.1 cm³/mol. The van der Waals surface area contributed by atoms with Crippen molar-refractivity contribution in [1.29, 1.82) is 0 Å². The lowest BCUT2D eigenvalue weighted by Crippen LogP contribution is -2.50. The zero-order chi connectivity index (χ0) is 14.5. The Bertz CT molecular complexity index is 502. The number of hydrogen-bond donors (Lipinski definition) is 1. The summed E-state index contributed by atoms with van der Waals surface area (Å²) in [5, 5.41) is 2.76. The van der Waals surface area contributed by atoms with E-state index in [0.717, 1.165) is 12.1 Å². The molecule has 1 N–H and O–H groups in total. The molecule has 2 amide bonds. The Morgan fingerprint density at radius 1 is 1.40 bits per heavy atom. The fraction of sp³-hybridized carbons (Fsp3) is 0.467. The van der Waals surface area contributed by atoms with E-state index < -0.39 is 0 Å². The average molecular weight is 275 g/mol. The molecule has 0 radical (unpaired) electrons. The van der Waals surface area contributed by atoms with Gasteiger partial charge in [0.1, 0.15) is 0 Å². The van der Waals surface area contributed by atoms with Crippen molar-refractivity contribution in [2.45, 2.75) is 13.5 Å². The molecule has 2 rings (SSSR count). The maximum Gasteiger partial charge on any atom is 0.236 e. The minimum atomic E-state index is -0.00870. The smallest absolute Gasteiger partial charge is 0.236 e. The first-order valence-electron chi connectivity index (χ1n) is 6.84. The minimum absolute atomic E-state index is 0.00870. The minimum Gasteiger partial charge on any atom is -0.354 e. The highest BCUT2D eigenvalue weighted by atomic mass is 16.2. The van der Waals surface area contributed by atoms with Gasteiger partial charge in [-0.2, -0.15) is 0 Å². The van der Waals surface area contributed by atoms with Crippen LogP contribution >= 0.6 is 0 Å². The number of hydrogen-bond acceptors (Lipinski definition) is 3. The molecule has 1 aliphatic rings. The van der Waals surface area contributed by atoms with Crippen molar-refractivity contribution in [3.05, 3.63) is 35.4 Å². The first-order chi connectivity index (χ1) is 9.56. The highest BCUT2D eigenvalue weighted by Gasteiger charge is 2.20. The Labute approximate surface area is 119 Å². The van der Waals surface area contributed by atoms with Crippen LogP contribution < -0.4 is 5.32 Å². The molecule has 1 aromatic rings. The Kier molecular flexibility index (Phi) is 4.74. The van der Waals surface area contributed by atoms with E-state index in [-0.39, 0.29) is 11.8 Å². The summed E-state index contributed by atoms with van der Waals surface area (Å²) in [7, 11) is 1.80. The van der Waals surface area contributed by atoms with Crippen LogP contribution in [-0.2, 0) is 16.1 Å². The standard InChI is InChI=1S/C15H21N3O2/c1-12-5-3-4-6-13(12)9-17(2)15(20)11-18-8-7-16-14(19)10-18/h3-6H,7-11H2,1-2H3,(H,16,19). The average Bonchev–Trinajstić information content (AvgIpc) is 2.41. The summed E-state index contributed by atoms with van der Waals surface area (Å²) in [6.45, 7) is 4.61. The molecule has 0 bridgehead atoms. The number of rotatable bonds is 4. The maximum absolute atomic E-state index is 12.2. The summed E-state index contributed by atoms with van der Waals surface area (Å²) >= 11 is 0. The van der Waals surface area contributed by atoms with Gasteiger partial charge in [0, 0.05) is 26.7 Å². The first-order valence-corrected chi connectivity index (χ1v) is 6.84. The van der Waals surface area contributed by atoms with Gasteiger partial charge in [0.25, 0.3) is 0 Å². The van der Waals surface area contributed by atoms with Gasteiger partial charge in [0.15, 0.2) is 0 Å². The van der Waals surface area contributed by atoms with Crippen molar-refractivity contribution in [1.82, 2.24) is 15.1 Å². The van der Waals surface area contributed by atoms with Gasteiger partial charge in [-0.05, 0) is 18.1 Å². The fourth-order valence-corrected chi connectivity index (χ4v) is 2.27. The van der Waals surface area contributed by atoms with Crippen LogP contribution in [0.1, 0.15) is 11.1 Å². The SMILES string of the molecule is Cc1ccccc1CN(C)C(=O)CN1CCNC(=O)C1. The molecule has 5 nitrogen and oxygen atoms in total. The Hall–Kier alpha value is -1.88. The van der Waals surface area contributed by atoms with Gasteiger partial charge in [-0.25, -0.2) is 0 Å². The summed E-state index contributed by atoms with van der Waals surface area (Å²) < 4.78 is 0. The second-order valence-corrected chi connectivity index (χ2v) is 5.24. The van der Waals surface area contributed by atoms with Crippen molar-refractivity contribution >= 4 is 11.8 Å². The topological polar surface area (TPSA) is 52.7 Å². The zero-order valence-corrected chi connectivity index (χ0v) is 12.1. The normalized spacial score (nSPS) is 15.8. The number of amides is 2. The number of benzene rings is 1. The van der Waals surface area contributed by atoms with Crippen molar-refractivity contribution in [2.75, 3.05) is 33.2 Å². The molecule has 0 atom stereocenters. The molecule has 0 aliphatic carbocycles. The second kappa shape index (κ2) is 6.52. The number of carbonyl (C=O) groups excluding carboxylic acids is 2. The van der Waals surface area contributed by atoms with Crippen LogP contribution in [0.3, 0.4) is 0 Å². The van der Waals surface area contributed by atoms with Gasteiger partial charge in [0.2, 0.25) is 11.8 Å². The number of aryl methyl sites for hydroxylation is 1. The molecule has 1 saturated heterocycles. The molecule has 1 fully saturated rings. The largest absolute Gasteiger partial charge is 0.354 e. The van der Waals surface area contributed by atoms with Crippen molar-refractivity contribution in [2.24, 2.45) is 0 Å². The van der Waals surface area contributed by atoms with Gasteiger partial charge in [-0.15, -0.1) is 0 Å². The van der Waals surface area contributed by atoms with E-state index in [1.165, 1.54) is 5.56 Å². The number of nitrogens with zero attached hydrogens (tertiary/aromatic N) is 2. The van der Waals surface area contributed by atoms with E-state index in [1.54, 1.807) is 11.9 Å². The second-order valence-electron chi connectivity index (χ2n) is 5.24. The summed E-state index contributed by atoms with van der Waals surface area (Å²) in [6.07, 6.45) is 0. The van der Waals surface area contributed by atoms with Crippen LogP contribution in [-0.4, -0.2) is 54.8 Å². The van der Waals surface area contributed by atoms with Crippen molar-refractivity contribution < 1.29 is 9.59 Å². The lowest BCUT2D eigenvalue weighted by atomic mass is 10.1. The van der Waals surface area contributed by atoms with Crippen LogP contribution in [0.15, 0.2) is 24.3 Å². The lowest BCUT2D eigenvalue weighted by molar-refractivity contribution is -0.133. The maximum atomic E-state index is 12.2. The van der Waals surface area contributed by atoms with Crippen LogP contribution in [0.4, 0.5) is 0 Å². The predicted octanol–water partition coefficient (Wildman–Crippen LogP) is 0.385. The molecule has 5 heteroatoms. The molecule has 1 heterocycles. The quantitative estimate of drug-likeness (QED) is 0.864. The molecular weight excluding hydrogens is 254 g/mol. The van der Waals surface area contributed by atoms with E-state index >= 15 is 0 Å². The van der Waals surface area contributed by atoms with E-state index in [9.17, 15) is 9.59 Å². The molecular formula is C15H21N3O2. The Morgan fingerprint density at radius 2 is 2.15 bits per heavy atom. The Balaban J connectivity index is 1.89. The monoisotopic (exact) mass is 275 g/mol. The van der Waals surface area contributed by atoms with E-state index in [4.69, 9.17) is 0 Å². The van der Waals surface area contributed by atoms with E-state index in [2.05, 4.69) is 5.32 Å². The highest BCUT2D eigenvalue weighted by molar-refractivity contribution is 5.81. The van der Waals surface area contributed by atoms with Gasteiger partial charge in [-0.3, -0.25) is 14.5 Å². The molecule has 0 saturated carbocycles. The van der Waals surface area contributed by atoms with E-state index in [0.29, 0.717) is 26.2 Å². The molecule has 108 valence electrons. The Morgan fingerprint density at radius 3 is 2.85 bits per heavy atom. The highest BCUT2D eigenvalue weighted by Crippen LogP contribution is 2.09. The van der Waals surface area contributed by atoms with Gasteiger partial charge in [0.05, 0.1) is 13.1 Å². The van der Waals surface area contributed by atoms with Crippen LogP contribution in [0, 0.1) is 6.92 Å². The van der Waals surface area contributed by atoms with Crippen LogP contribution in [0.25, 0.3) is 0 Å². The summed E-state index contributed by atoms with van der Waals surface area (Å²) in [5.74, 6) is 0.0357. The molecule has 1 aliphatic heterocycles. The number of carbonyl (C=O) groups is 2. The molecule has 0 unspecified atom stereocenters. The third-order valence-corrected chi connectivity index (χ3v) is 3.57. The number of piperazine rings is 1.